The van der Waals surface area contributed by atoms with Gasteiger partial charge in [0.25, 0.3) is 5.91 Å². The standard InChI is InChI=1S/C14H13BrN2O3/c1-19-10-6-9(7-11(8-10)20-2)16-14(18)12-4-3-5-13(15)17-12/h3-8H,1-2H3,(H,16,18). The molecule has 1 N–H and O–H groups in total. The molecular weight excluding hydrogens is 324 g/mol. The molecule has 0 aliphatic heterocycles. The largest absolute Gasteiger partial charge is 0.497 e. The third kappa shape index (κ3) is 3.48. The van der Waals surface area contributed by atoms with E-state index in [1.165, 1.54) is 0 Å². The average Bonchev–Trinajstić information content (AvgIpc) is 2.46. The first kappa shape index (κ1) is 14.3. The highest BCUT2D eigenvalue weighted by Gasteiger charge is 2.10. The number of rotatable bonds is 4. The van der Waals surface area contributed by atoms with Gasteiger partial charge in [0.15, 0.2) is 0 Å². The van der Waals surface area contributed by atoms with Gasteiger partial charge in [0.05, 0.1) is 14.2 Å². The number of benzene rings is 1. The number of nitrogens with one attached hydrogen (secondary N) is 1. The van der Waals surface area contributed by atoms with Crippen LogP contribution in [-0.4, -0.2) is 25.1 Å². The summed E-state index contributed by atoms with van der Waals surface area (Å²) in [6.45, 7) is 0. The molecule has 0 saturated heterocycles. The number of halogens is 1. The predicted molar refractivity (Wildman–Crippen MR) is 79.4 cm³/mol. The molecule has 0 unspecified atom stereocenters. The number of methoxy groups -OCH3 is 2. The fourth-order valence-corrected chi connectivity index (χ4v) is 1.95. The highest BCUT2D eigenvalue weighted by Crippen LogP contribution is 2.26. The number of hydrogen-bond acceptors (Lipinski definition) is 4. The topological polar surface area (TPSA) is 60.5 Å². The molecule has 104 valence electrons. The van der Waals surface area contributed by atoms with Crippen LogP contribution in [0.4, 0.5) is 5.69 Å². The Balaban J connectivity index is 2.23. The van der Waals surface area contributed by atoms with E-state index < -0.39 is 0 Å². The highest BCUT2D eigenvalue weighted by molar-refractivity contribution is 9.10. The first-order chi connectivity index (χ1) is 9.62. The van der Waals surface area contributed by atoms with Crippen LogP contribution in [0.3, 0.4) is 0 Å². The maximum absolute atomic E-state index is 12.1. The molecule has 0 aliphatic rings. The van der Waals surface area contributed by atoms with Crippen molar-refractivity contribution >= 4 is 27.5 Å². The summed E-state index contributed by atoms with van der Waals surface area (Å²) in [5.41, 5.74) is 0.897. The Bertz CT molecular complexity index is 609. The monoisotopic (exact) mass is 336 g/mol. The second-order valence-electron chi connectivity index (χ2n) is 3.90. The van der Waals surface area contributed by atoms with Crippen LogP contribution in [0.2, 0.25) is 0 Å². The van der Waals surface area contributed by atoms with Crippen LogP contribution >= 0.6 is 15.9 Å². The molecule has 2 aromatic rings. The van der Waals surface area contributed by atoms with E-state index in [0.29, 0.717) is 27.5 Å². The average molecular weight is 337 g/mol. The van der Waals surface area contributed by atoms with Gasteiger partial charge in [0, 0.05) is 23.9 Å². The molecule has 20 heavy (non-hydrogen) atoms. The number of amides is 1. The minimum atomic E-state index is -0.304. The number of anilines is 1. The zero-order chi connectivity index (χ0) is 14.5. The van der Waals surface area contributed by atoms with E-state index >= 15 is 0 Å². The van der Waals surface area contributed by atoms with Gasteiger partial charge in [-0.25, -0.2) is 4.98 Å². The predicted octanol–water partition coefficient (Wildman–Crippen LogP) is 3.11. The lowest BCUT2D eigenvalue weighted by atomic mass is 10.2. The molecule has 0 saturated carbocycles. The van der Waals surface area contributed by atoms with Gasteiger partial charge < -0.3 is 14.8 Å². The maximum atomic E-state index is 12.1. The molecule has 1 heterocycles. The number of aromatic nitrogens is 1. The van der Waals surface area contributed by atoms with E-state index in [-0.39, 0.29) is 5.91 Å². The molecule has 0 spiro atoms. The van der Waals surface area contributed by atoms with Crippen molar-refractivity contribution in [2.45, 2.75) is 0 Å². The third-order valence-corrected chi connectivity index (χ3v) is 3.00. The first-order valence-electron chi connectivity index (χ1n) is 5.79. The first-order valence-corrected chi connectivity index (χ1v) is 6.58. The summed E-state index contributed by atoms with van der Waals surface area (Å²) < 4.78 is 10.9. The molecular formula is C14H13BrN2O3. The van der Waals surface area contributed by atoms with Crippen LogP contribution < -0.4 is 14.8 Å². The lowest BCUT2D eigenvalue weighted by Gasteiger charge is -2.09. The quantitative estimate of drug-likeness (QED) is 0.871. The Labute approximate surface area is 125 Å². The number of pyridine rings is 1. The van der Waals surface area contributed by atoms with E-state index in [4.69, 9.17) is 9.47 Å². The molecule has 1 aromatic carbocycles. The molecule has 5 nitrogen and oxygen atoms in total. The van der Waals surface area contributed by atoms with Gasteiger partial charge in [-0.1, -0.05) is 6.07 Å². The van der Waals surface area contributed by atoms with Gasteiger partial charge in [-0.3, -0.25) is 4.79 Å². The molecule has 2 rings (SSSR count). The molecule has 0 atom stereocenters. The van der Waals surface area contributed by atoms with Crippen LogP contribution in [-0.2, 0) is 0 Å². The van der Waals surface area contributed by atoms with E-state index in [1.54, 1.807) is 50.6 Å². The van der Waals surface area contributed by atoms with Gasteiger partial charge >= 0.3 is 0 Å². The van der Waals surface area contributed by atoms with Crippen LogP contribution in [0.25, 0.3) is 0 Å². The second kappa shape index (κ2) is 6.38. The SMILES string of the molecule is COc1cc(NC(=O)c2cccc(Br)n2)cc(OC)c1. The van der Waals surface area contributed by atoms with Crippen molar-refractivity contribution < 1.29 is 14.3 Å². The molecule has 0 radical (unpaired) electrons. The second-order valence-corrected chi connectivity index (χ2v) is 4.71. The Kier molecular flexibility index (Phi) is 4.57. The van der Waals surface area contributed by atoms with Crippen molar-refractivity contribution in [1.82, 2.24) is 4.98 Å². The fraction of sp³-hybridized carbons (Fsp3) is 0.143. The lowest BCUT2D eigenvalue weighted by molar-refractivity contribution is 0.102. The van der Waals surface area contributed by atoms with Crippen LogP contribution in [0.1, 0.15) is 10.5 Å². The summed E-state index contributed by atoms with van der Waals surface area (Å²) in [6, 6.07) is 10.3. The van der Waals surface area contributed by atoms with Crippen molar-refractivity contribution in [3.8, 4) is 11.5 Å². The molecule has 0 aliphatic carbocycles. The summed E-state index contributed by atoms with van der Waals surface area (Å²) in [5.74, 6) is 0.894. The summed E-state index contributed by atoms with van der Waals surface area (Å²) >= 11 is 3.23. The van der Waals surface area contributed by atoms with Crippen molar-refractivity contribution in [3.63, 3.8) is 0 Å². The normalized spacial score (nSPS) is 9.95. The number of nitrogens with zero attached hydrogens (tertiary/aromatic N) is 1. The summed E-state index contributed by atoms with van der Waals surface area (Å²) in [4.78, 5) is 16.2. The zero-order valence-electron chi connectivity index (χ0n) is 11.0. The van der Waals surface area contributed by atoms with Gasteiger partial charge in [0.1, 0.15) is 21.8 Å². The maximum Gasteiger partial charge on any atom is 0.274 e. The smallest absolute Gasteiger partial charge is 0.274 e. The van der Waals surface area contributed by atoms with Crippen LogP contribution in [0.5, 0.6) is 11.5 Å². The molecule has 1 aromatic heterocycles. The number of carbonyl (C=O) groups excluding carboxylic acids is 1. The van der Waals surface area contributed by atoms with Crippen molar-refractivity contribution in [2.24, 2.45) is 0 Å². The van der Waals surface area contributed by atoms with Crippen molar-refractivity contribution in [2.75, 3.05) is 19.5 Å². The summed E-state index contributed by atoms with van der Waals surface area (Å²) in [5, 5.41) is 2.75. The minimum absolute atomic E-state index is 0.304. The Morgan fingerprint density at radius 1 is 1.15 bits per heavy atom. The minimum Gasteiger partial charge on any atom is -0.497 e. The Morgan fingerprint density at radius 2 is 1.80 bits per heavy atom. The molecule has 6 heteroatoms. The van der Waals surface area contributed by atoms with E-state index in [1.807, 2.05) is 0 Å². The number of carbonyl (C=O) groups is 1. The fourth-order valence-electron chi connectivity index (χ4n) is 1.61. The van der Waals surface area contributed by atoms with Crippen molar-refractivity contribution in [3.05, 3.63) is 46.7 Å². The van der Waals surface area contributed by atoms with Crippen LogP contribution in [0.15, 0.2) is 41.0 Å². The Morgan fingerprint density at radius 3 is 2.35 bits per heavy atom. The van der Waals surface area contributed by atoms with Gasteiger partial charge in [-0.05, 0) is 28.1 Å². The van der Waals surface area contributed by atoms with E-state index in [2.05, 4.69) is 26.2 Å². The van der Waals surface area contributed by atoms with Gasteiger partial charge in [-0.15, -0.1) is 0 Å². The molecule has 1 amide bonds. The van der Waals surface area contributed by atoms with Gasteiger partial charge in [0.2, 0.25) is 0 Å². The zero-order valence-corrected chi connectivity index (χ0v) is 12.6. The Hall–Kier alpha value is -2.08. The number of hydrogen-bond donors (Lipinski definition) is 1. The number of ether oxygens (including phenoxy) is 2. The molecule has 0 fully saturated rings. The van der Waals surface area contributed by atoms with Crippen molar-refractivity contribution in [1.29, 1.82) is 0 Å². The highest BCUT2D eigenvalue weighted by atomic mass is 79.9. The van der Waals surface area contributed by atoms with E-state index in [0.717, 1.165) is 0 Å². The van der Waals surface area contributed by atoms with Gasteiger partial charge in [-0.2, -0.15) is 0 Å². The third-order valence-electron chi connectivity index (χ3n) is 2.56. The lowest BCUT2D eigenvalue weighted by Crippen LogP contribution is -2.13. The summed E-state index contributed by atoms with van der Waals surface area (Å²) in [6.07, 6.45) is 0. The summed E-state index contributed by atoms with van der Waals surface area (Å²) in [7, 11) is 3.10. The molecule has 0 bridgehead atoms. The van der Waals surface area contributed by atoms with E-state index in [9.17, 15) is 4.79 Å². The van der Waals surface area contributed by atoms with Crippen LogP contribution in [0, 0.1) is 0 Å².